The summed E-state index contributed by atoms with van der Waals surface area (Å²) < 4.78 is 9.93. The van der Waals surface area contributed by atoms with E-state index in [1.165, 1.54) is 14.2 Å². The number of ether oxygens (including phenoxy) is 2. The van der Waals surface area contributed by atoms with Crippen molar-refractivity contribution < 1.29 is 23.9 Å². The lowest BCUT2D eigenvalue weighted by Crippen LogP contribution is -2.40. The van der Waals surface area contributed by atoms with Crippen LogP contribution in [0, 0.1) is 5.92 Å². The van der Waals surface area contributed by atoms with Gasteiger partial charge in [-0.05, 0) is 43.4 Å². The van der Waals surface area contributed by atoms with Crippen LogP contribution in [-0.4, -0.2) is 51.3 Å². The summed E-state index contributed by atoms with van der Waals surface area (Å²) >= 11 is 0. The van der Waals surface area contributed by atoms with Gasteiger partial charge >= 0.3 is 11.8 Å². The summed E-state index contributed by atoms with van der Waals surface area (Å²) in [7, 11) is 2.89. The molecule has 0 bridgehead atoms. The fourth-order valence-corrected chi connectivity index (χ4v) is 3.14. The van der Waals surface area contributed by atoms with Crippen LogP contribution in [0.25, 0.3) is 0 Å². The Balaban J connectivity index is 1.65. The van der Waals surface area contributed by atoms with E-state index in [0.29, 0.717) is 12.2 Å². The Bertz CT molecular complexity index is 728. The van der Waals surface area contributed by atoms with Crippen molar-refractivity contribution in [2.75, 3.05) is 37.5 Å². The van der Waals surface area contributed by atoms with Crippen LogP contribution in [0.2, 0.25) is 0 Å². The summed E-state index contributed by atoms with van der Waals surface area (Å²) in [5.74, 6) is -1.27. The van der Waals surface area contributed by atoms with Gasteiger partial charge in [-0.25, -0.2) is 0 Å². The molecule has 0 aromatic heterocycles. The van der Waals surface area contributed by atoms with Gasteiger partial charge in [-0.3, -0.25) is 14.4 Å². The number of methoxy groups -OCH3 is 2. The third-order valence-corrected chi connectivity index (χ3v) is 4.82. The molecular formula is C19H25N3O5. The average Bonchev–Trinajstić information content (AvgIpc) is 3.52. The maximum atomic E-state index is 12.5. The van der Waals surface area contributed by atoms with Gasteiger partial charge in [0.25, 0.3) is 0 Å². The summed E-state index contributed by atoms with van der Waals surface area (Å²) in [6.07, 6.45) is 3.11. The van der Waals surface area contributed by atoms with Crippen molar-refractivity contribution in [1.29, 1.82) is 0 Å². The van der Waals surface area contributed by atoms with Gasteiger partial charge in [-0.15, -0.1) is 0 Å². The van der Waals surface area contributed by atoms with E-state index in [2.05, 4.69) is 10.6 Å². The molecule has 3 amide bonds. The van der Waals surface area contributed by atoms with Crippen molar-refractivity contribution in [3.63, 3.8) is 0 Å². The number of nitrogens with one attached hydrogen (secondary N) is 2. The van der Waals surface area contributed by atoms with E-state index in [4.69, 9.17) is 9.47 Å². The first kappa shape index (κ1) is 19.3. The third kappa shape index (κ3) is 4.64. The Labute approximate surface area is 158 Å². The van der Waals surface area contributed by atoms with Gasteiger partial charge in [0, 0.05) is 38.1 Å². The first-order chi connectivity index (χ1) is 13.0. The van der Waals surface area contributed by atoms with E-state index in [1.54, 1.807) is 12.1 Å². The van der Waals surface area contributed by atoms with E-state index >= 15 is 0 Å². The van der Waals surface area contributed by atoms with Crippen LogP contribution in [0.5, 0.6) is 0 Å². The molecule has 1 fully saturated rings. The second kappa shape index (κ2) is 8.49. The molecule has 8 nitrogen and oxygen atoms in total. The standard InChI is InChI=1S/C19H25N3O5/c1-26-16(27-2)11-20-17(23)18(24)21-14-8-7-12-4-3-9-22(15(12)10-14)19(25)13-5-6-13/h7-8,10,13,16H,3-6,9,11H2,1-2H3,(H,20,23)(H,21,24). The molecule has 3 rings (SSSR count). The van der Waals surface area contributed by atoms with Crippen molar-refractivity contribution in [2.24, 2.45) is 5.92 Å². The number of anilines is 2. The molecule has 1 aliphatic carbocycles. The maximum Gasteiger partial charge on any atom is 0.313 e. The van der Waals surface area contributed by atoms with Crippen molar-refractivity contribution >= 4 is 29.1 Å². The lowest BCUT2D eigenvalue weighted by Gasteiger charge is -2.30. The van der Waals surface area contributed by atoms with Gasteiger partial charge in [0.1, 0.15) is 0 Å². The minimum Gasteiger partial charge on any atom is -0.354 e. The number of carbonyl (C=O) groups is 3. The second-order valence-electron chi connectivity index (χ2n) is 6.78. The highest BCUT2D eigenvalue weighted by atomic mass is 16.7. The van der Waals surface area contributed by atoms with E-state index in [9.17, 15) is 14.4 Å². The van der Waals surface area contributed by atoms with Crippen LogP contribution >= 0.6 is 0 Å². The first-order valence-electron chi connectivity index (χ1n) is 9.12. The van der Waals surface area contributed by atoms with Crippen LogP contribution < -0.4 is 15.5 Å². The number of fused-ring (bicyclic) bond motifs is 1. The smallest absolute Gasteiger partial charge is 0.313 e. The van der Waals surface area contributed by atoms with Gasteiger partial charge in [0.15, 0.2) is 6.29 Å². The van der Waals surface area contributed by atoms with Crippen molar-refractivity contribution in [2.45, 2.75) is 32.0 Å². The zero-order chi connectivity index (χ0) is 19.4. The zero-order valence-corrected chi connectivity index (χ0v) is 15.6. The van der Waals surface area contributed by atoms with Crippen LogP contribution in [0.1, 0.15) is 24.8 Å². The Kier molecular flexibility index (Phi) is 6.08. The normalized spacial score (nSPS) is 16.0. The maximum absolute atomic E-state index is 12.5. The minimum atomic E-state index is -0.781. The molecule has 0 spiro atoms. The molecule has 1 aliphatic heterocycles. The fourth-order valence-electron chi connectivity index (χ4n) is 3.14. The molecule has 1 aromatic rings. The number of nitrogens with zero attached hydrogens (tertiary/aromatic N) is 1. The SMILES string of the molecule is COC(CNC(=O)C(=O)Nc1ccc2c(c1)N(C(=O)C1CC1)CCC2)OC. The molecule has 2 N–H and O–H groups in total. The molecular weight excluding hydrogens is 350 g/mol. The number of aryl methyl sites for hydroxylation is 1. The minimum absolute atomic E-state index is 0.0626. The summed E-state index contributed by atoms with van der Waals surface area (Å²) in [5, 5.41) is 5.04. The average molecular weight is 375 g/mol. The molecule has 0 unspecified atom stereocenters. The molecule has 0 saturated heterocycles. The quantitative estimate of drug-likeness (QED) is 0.572. The molecule has 146 valence electrons. The van der Waals surface area contributed by atoms with E-state index in [0.717, 1.165) is 36.9 Å². The Morgan fingerprint density at radius 1 is 1.19 bits per heavy atom. The summed E-state index contributed by atoms with van der Waals surface area (Å²) in [5.41, 5.74) is 2.40. The van der Waals surface area contributed by atoms with Crippen molar-refractivity contribution in [3.8, 4) is 0 Å². The van der Waals surface area contributed by atoms with Gasteiger partial charge in [0.05, 0.1) is 6.54 Å². The molecule has 1 saturated carbocycles. The number of hydrogen-bond acceptors (Lipinski definition) is 5. The second-order valence-corrected chi connectivity index (χ2v) is 6.78. The van der Waals surface area contributed by atoms with Crippen molar-refractivity contribution in [1.82, 2.24) is 5.32 Å². The molecule has 0 atom stereocenters. The number of amides is 3. The van der Waals surface area contributed by atoms with Crippen LogP contribution in [0.4, 0.5) is 11.4 Å². The molecule has 27 heavy (non-hydrogen) atoms. The topological polar surface area (TPSA) is 97.0 Å². The molecule has 8 heteroatoms. The van der Waals surface area contributed by atoms with Crippen LogP contribution in [-0.2, 0) is 30.3 Å². The summed E-state index contributed by atoms with van der Waals surface area (Å²) in [6, 6.07) is 5.43. The predicted molar refractivity (Wildman–Crippen MR) is 99.3 cm³/mol. The van der Waals surface area contributed by atoms with Crippen molar-refractivity contribution in [3.05, 3.63) is 23.8 Å². The third-order valence-electron chi connectivity index (χ3n) is 4.82. The van der Waals surface area contributed by atoms with Gasteiger partial charge < -0.3 is 25.0 Å². The van der Waals surface area contributed by atoms with E-state index < -0.39 is 18.1 Å². The summed E-state index contributed by atoms with van der Waals surface area (Å²) in [4.78, 5) is 38.4. The molecule has 0 radical (unpaired) electrons. The Morgan fingerprint density at radius 2 is 1.93 bits per heavy atom. The predicted octanol–water partition coefficient (Wildman–Crippen LogP) is 1.05. The molecule has 2 aliphatic rings. The number of rotatable bonds is 6. The van der Waals surface area contributed by atoms with Crippen LogP contribution in [0.3, 0.4) is 0 Å². The van der Waals surface area contributed by atoms with E-state index in [1.807, 2.05) is 11.0 Å². The number of benzene rings is 1. The van der Waals surface area contributed by atoms with Gasteiger partial charge in [-0.2, -0.15) is 0 Å². The monoisotopic (exact) mass is 375 g/mol. The van der Waals surface area contributed by atoms with Gasteiger partial charge in [0.2, 0.25) is 5.91 Å². The number of carbonyl (C=O) groups excluding carboxylic acids is 3. The van der Waals surface area contributed by atoms with Gasteiger partial charge in [-0.1, -0.05) is 6.07 Å². The highest BCUT2D eigenvalue weighted by Crippen LogP contribution is 2.36. The zero-order valence-electron chi connectivity index (χ0n) is 15.6. The lowest BCUT2D eigenvalue weighted by atomic mass is 10.0. The lowest BCUT2D eigenvalue weighted by molar-refractivity contribution is -0.139. The van der Waals surface area contributed by atoms with Crippen LogP contribution in [0.15, 0.2) is 18.2 Å². The summed E-state index contributed by atoms with van der Waals surface area (Å²) in [6.45, 7) is 0.753. The Hall–Kier alpha value is -2.45. The number of hydrogen-bond donors (Lipinski definition) is 2. The highest BCUT2D eigenvalue weighted by molar-refractivity contribution is 6.39. The van der Waals surface area contributed by atoms with E-state index in [-0.39, 0.29) is 18.4 Å². The fraction of sp³-hybridized carbons (Fsp3) is 0.526. The molecule has 1 heterocycles. The first-order valence-corrected chi connectivity index (χ1v) is 9.12. The largest absolute Gasteiger partial charge is 0.354 e. The highest BCUT2D eigenvalue weighted by Gasteiger charge is 2.35. The Morgan fingerprint density at radius 3 is 2.59 bits per heavy atom. The molecule has 1 aromatic carbocycles.